The molecule has 3 rings (SSSR count). The van der Waals surface area contributed by atoms with Crippen molar-refractivity contribution in [3.05, 3.63) is 64.7 Å². The first-order valence-corrected chi connectivity index (χ1v) is 11.0. The highest BCUT2D eigenvalue weighted by atomic mass is 19.3. The minimum atomic E-state index is -2.94. The van der Waals surface area contributed by atoms with E-state index in [2.05, 4.69) is 10.1 Å². The van der Waals surface area contributed by atoms with Crippen molar-refractivity contribution in [2.24, 2.45) is 5.92 Å². The third-order valence-corrected chi connectivity index (χ3v) is 5.78. The van der Waals surface area contributed by atoms with Gasteiger partial charge >= 0.3 is 6.61 Å². The molecule has 1 N–H and O–H groups in total. The van der Waals surface area contributed by atoms with Gasteiger partial charge in [-0.2, -0.15) is 8.78 Å². The Morgan fingerprint density at radius 1 is 1.16 bits per heavy atom. The van der Waals surface area contributed by atoms with Gasteiger partial charge in [-0.25, -0.2) is 0 Å². The number of carbonyl (C=O) groups excluding carboxylic acids is 2. The molecule has 0 radical (unpaired) electrons. The van der Waals surface area contributed by atoms with E-state index in [1.54, 1.807) is 23.1 Å². The van der Waals surface area contributed by atoms with Gasteiger partial charge in [-0.3, -0.25) is 9.59 Å². The summed E-state index contributed by atoms with van der Waals surface area (Å²) in [5.41, 5.74) is 3.20. The summed E-state index contributed by atoms with van der Waals surface area (Å²) in [6.07, 6.45) is 1.93. The van der Waals surface area contributed by atoms with Crippen LogP contribution in [-0.4, -0.2) is 36.4 Å². The van der Waals surface area contributed by atoms with Crippen molar-refractivity contribution in [1.82, 2.24) is 10.2 Å². The molecule has 2 aromatic rings. The number of piperidine rings is 1. The molecule has 0 aliphatic carbocycles. The number of para-hydroxylation sites is 1. The zero-order valence-electron chi connectivity index (χ0n) is 18.7. The van der Waals surface area contributed by atoms with E-state index in [9.17, 15) is 18.4 Å². The molecule has 2 atom stereocenters. The SMILES string of the molecule is CCC(NC(=O)C1CCCN(C(=O)c2cc(C)cc(C)c2)C1)c1ccccc1OC(F)F. The lowest BCUT2D eigenvalue weighted by Gasteiger charge is -2.33. The van der Waals surface area contributed by atoms with Crippen LogP contribution >= 0.6 is 0 Å². The van der Waals surface area contributed by atoms with Gasteiger partial charge in [-0.1, -0.05) is 42.3 Å². The number of carbonyl (C=O) groups is 2. The minimum Gasteiger partial charge on any atom is -0.434 e. The van der Waals surface area contributed by atoms with Crippen molar-refractivity contribution in [1.29, 1.82) is 0 Å². The first-order valence-electron chi connectivity index (χ1n) is 11.0. The Morgan fingerprint density at radius 3 is 2.50 bits per heavy atom. The topological polar surface area (TPSA) is 58.6 Å². The van der Waals surface area contributed by atoms with Crippen molar-refractivity contribution >= 4 is 11.8 Å². The van der Waals surface area contributed by atoms with Crippen LogP contribution in [0.3, 0.4) is 0 Å². The number of likely N-dealkylation sites (tertiary alicyclic amines) is 1. The van der Waals surface area contributed by atoms with Crippen LogP contribution in [0.5, 0.6) is 5.75 Å². The molecule has 172 valence electrons. The number of hydrogen-bond acceptors (Lipinski definition) is 3. The fraction of sp³-hybridized carbons (Fsp3) is 0.440. The van der Waals surface area contributed by atoms with Crippen LogP contribution in [0.1, 0.15) is 59.3 Å². The quantitative estimate of drug-likeness (QED) is 0.652. The van der Waals surface area contributed by atoms with Crippen molar-refractivity contribution in [2.75, 3.05) is 13.1 Å². The van der Waals surface area contributed by atoms with E-state index in [4.69, 9.17) is 0 Å². The number of ether oxygens (including phenoxy) is 1. The Balaban J connectivity index is 1.70. The molecule has 32 heavy (non-hydrogen) atoms. The summed E-state index contributed by atoms with van der Waals surface area (Å²) in [5, 5.41) is 2.98. The van der Waals surface area contributed by atoms with Gasteiger partial charge in [-0.05, 0) is 51.3 Å². The summed E-state index contributed by atoms with van der Waals surface area (Å²) < 4.78 is 30.2. The van der Waals surface area contributed by atoms with Crippen LogP contribution in [-0.2, 0) is 4.79 Å². The molecular weight excluding hydrogens is 414 g/mol. The number of aryl methyl sites for hydroxylation is 2. The number of halogens is 2. The summed E-state index contributed by atoms with van der Waals surface area (Å²) in [6, 6.07) is 11.8. The molecule has 2 unspecified atom stereocenters. The maximum absolute atomic E-state index is 13.0. The van der Waals surface area contributed by atoms with Crippen LogP contribution in [0.4, 0.5) is 8.78 Å². The molecule has 2 aromatic carbocycles. The van der Waals surface area contributed by atoms with Gasteiger partial charge in [0, 0.05) is 24.2 Å². The summed E-state index contributed by atoms with van der Waals surface area (Å²) in [6.45, 7) is 3.79. The smallest absolute Gasteiger partial charge is 0.387 e. The van der Waals surface area contributed by atoms with Gasteiger partial charge in [0.1, 0.15) is 5.75 Å². The molecule has 1 aliphatic rings. The standard InChI is InChI=1S/C25H30F2N2O3/c1-4-21(20-9-5-6-10-22(20)32-25(26)27)28-23(30)18-8-7-11-29(15-18)24(31)19-13-16(2)12-17(3)14-19/h5-6,9-10,12-14,18,21,25H,4,7-8,11,15H2,1-3H3,(H,28,30). The lowest BCUT2D eigenvalue weighted by Crippen LogP contribution is -2.46. The molecule has 0 aromatic heterocycles. The van der Waals surface area contributed by atoms with Gasteiger partial charge < -0.3 is 15.0 Å². The Hall–Kier alpha value is -2.96. The van der Waals surface area contributed by atoms with E-state index in [0.717, 1.165) is 17.5 Å². The molecule has 1 aliphatic heterocycles. The van der Waals surface area contributed by atoms with Gasteiger partial charge in [0.15, 0.2) is 0 Å². The lowest BCUT2D eigenvalue weighted by molar-refractivity contribution is -0.127. The fourth-order valence-corrected chi connectivity index (χ4v) is 4.32. The highest BCUT2D eigenvalue weighted by Crippen LogP contribution is 2.29. The Labute approximate surface area is 187 Å². The van der Waals surface area contributed by atoms with E-state index in [1.165, 1.54) is 6.07 Å². The second-order valence-electron chi connectivity index (χ2n) is 8.35. The minimum absolute atomic E-state index is 0.0601. The number of nitrogens with zero attached hydrogens (tertiary/aromatic N) is 1. The van der Waals surface area contributed by atoms with E-state index < -0.39 is 12.7 Å². The van der Waals surface area contributed by atoms with E-state index in [0.29, 0.717) is 37.1 Å². The normalized spacial score (nSPS) is 17.2. The molecule has 5 nitrogen and oxygen atoms in total. The van der Waals surface area contributed by atoms with Crippen LogP contribution < -0.4 is 10.1 Å². The average Bonchev–Trinajstić information content (AvgIpc) is 2.76. The number of amides is 2. The number of benzene rings is 2. The summed E-state index contributed by atoms with van der Waals surface area (Å²) in [7, 11) is 0. The maximum atomic E-state index is 13.0. The molecule has 7 heteroatoms. The number of hydrogen-bond donors (Lipinski definition) is 1. The molecule has 0 spiro atoms. The van der Waals surface area contributed by atoms with E-state index >= 15 is 0 Å². The highest BCUT2D eigenvalue weighted by Gasteiger charge is 2.30. The van der Waals surface area contributed by atoms with Crippen molar-refractivity contribution < 1.29 is 23.1 Å². The summed E-state index contributed by atoms with van der Waals surface area (Å²) >= 11 is 0. The number of alkyl halides is 2. The molecule has 1 fully saturated rings. The summed E-state index contributed by atoms with van der Waals surface area (Å²) in [5.74, 6) is -0.542. The Morgan fingerprint density at radius 2 is 1.84 bits per heavy atom. The Bertz CT molecular complexity index is 944. The molecule has 2 amide bonds. The van der Waals surface area contributed by atoms with Crippen molar-refractivity contribution in [2.45, 2.75) is 52.7 Å². The monoisotopic (exact) mass is 444 g/mol. The predicted molar refractivity (Wildman–Crippen MR) is 119 cm³/mol. The fourth-order valence-electron chi connectivity index (χ4n) is 4.32. The molecule has 0 saturated carbocycles. The number of rotatable bonds is 7. The van der Waals surface area contributed by atoms with Gasteiger partial charge in [0.25, 0.3) is 5.91 Å². The van der Waals surface area contributed by atoms with Gasteiger partial charge in [-0.15, -0.1) is 0 Å². The molecular formula is C25H30F2N2O3. The third-order valence-electron chi connectivity index (χ3n) is 5.78. The molecule has 1 saturated heterocycles. The van der Waals surface area contributed by atoms with E-state index in [-0.39, 0.29) is 23.5 Å². The maximum Gasteiger partial charge on any atom is 0.387 e. The van der Waals surface area contributed by atoms with Crippen molar-refractivity contribution in [3.8, 4) is 5.75 Å². The highest BCUT2D eigenvalue weighted by molar-refractivity contribution is 5.95. The third kappa shape index (κ3) is 5.84. The lowest BCUT2D eigenvalue weighted by atomic mass is 9.94. The Kier molecular flexibility index (Phi) is 7.83. The van der Waals surface area contributed by atoms with Crippen LogP contribution in [0.2, 0.25) is 0 Å². The summed E-state index contributed by atoms with van der Waals surface area (Å²) in [4.78, 5) is 27.8. The second-order valence-corrected chi connectivity index (χ2v) is 8.35. The van der Waals surface area contributed by atoms with Crippen LogP contribution in [0.15, 0.2) is 42.5 Å². The van der Waals surface area contributed by atoms with Gasteiger partial charge in [0.05, 0.1) is 12.0 Å². The largest absolute Gasteiger partial charge is 0.434 e. The second kappa shape index (κ2) is 10.6. The number of nitrogens with one attached hydrogen (secondary N) is 1. The van der Waals surface area contributed by atoms with E-state index in [1.807, 2.05) is 39.0 Å². The first-order chi connectivity index (χ1) is 15.3. The molecule has 0 bridgehead atoms. The van der Waals surface area contributed by atoms with Crippen molar-refractivity contribution in [3.63, 3.8) is 0 Å². The zero-order valence-corrected chi connectivity index (χ0v) is 18.7. The van der Waals surface area contributed by atoms with Crippen LogP contribution in [0, 0.1) is 19.8 Å². The van der Waals surface area contributed by atoms with Gasteiger partial charge in [0.2, 0.25) is 5.91 Å². The predicted octanol–water partition coefficient (Wildman–Crippen LogP) is 5.02. The molecule has 1 heterocycles. The zero-order chi connectivity index (χ0) is 23.3. The first kappa shape index (κ1) is 23.7. The van der Waals surface area contributed by atoms with Crippen LogP contribution in [0.25, 0.3) is 0 Å². The average molecular weight is 445 g/mol.